The second-order valence-electron chi connectivity index (χ2n) is 3.98. The molecule has 1 amide bonds. The average Bonchev–Trinajstić information content (AvgIpc) is 2.65. The van der Waals surface area contributed by atoms with Crippen molar-refractivity contribution in [3.05, 3.63) is 0 Å². The van der Waals surface area contributed by atoms with Crippen molar-refractivity contribution < 1.29 is 9.32 Å². The lowest BCUT2D eigenvalue weighted by Crippen LogP contribution is -2.33. The topological polar surface area (TPSA) is 41.6 Å². The lowest BCUT2D eigenvalue weighted by molar-refractivity contribution is -0.127. The first-order valence-corrected chi connectivity index (χ1v) is 12.7. The van der Waals surface area contributed by atoms with Crippen molar-refractivity contribution in [1.29, 1.82) is 0 Å². The monoisotopic (exact) mass is 332 g/mol. The van der Waals surface area contributed by atoms with Gasteiger partial charge in [-0.2, -0.15) is 0 Å². The Labute approximate surface area is 113 Å². The summed E-state index contributed by atoms with van der Waals surface area (Å²) in [6.07, 6.45) is 1.86. The smallest absolute Gasteiger partial charge is 0.229 e. The maximum atomic E-state index is 12.0. The minimum absolute atomic E-state index is 0.171. The zero-order valence-corrected chi connectivity index (χ0v) is 15.3. The number of amides is 1. The number of hydrogen-bond donors (Lipinski definition) is 1. The molecule has 1 saturated heterocycles. The van der Waals surface area contributed by atoms with Crippen molar-refractivity contribution in [2.24, 2.45) is 5.92 Å². The third-order valence-corrected chi connectivity index (χ3v) is 5.91. The molecule has 0 spiro atoms. The molecule has 4 nitrogen and oxygen atoms in total. The molecular weight excluding hydrogens is 311 g/mol. The Bertz CT molecular complexity index is 256. The van der Waals surface area contributed by atoms with Crippen molar-refractivity contribution in [3.63, 3.8) is 0 Å². The van der Waals surface area contributed by atoms with Crippen LogP contribution in [0.4, 0.5) is 0 Å². The average molecular weight is 332 g/mol. The summed E-state index contributed by atoms with van der Waals surface area (Å²) in [5.74, 6) is 0.474. The van der Waals surface area contributed by atoms with E-state index in [4.69, 9.17) is 4.52 Å². The molecule has 0 aromatic heterocycles. The summed E-state index contributed by atoms with van der Waals surface area (Å²) in [4.78, 5) is 12.0. The van der Waals surface area contributed by atoms with Gasteiger partial charge in [0.2, 0.25) is 5.91 Å². The fourth-order valence-electron chi connectivity index (χ4n) is 1.87. The molecular formula is C8H21N2O2P5. The van der Waals surface area contributed by atoms with Gasteiger partial charge in [-0.15, -0.1) is 0 Å². The number of rotatable bonds is 7. The van der Waals surface area contributed by atoms with Crippen LogP contribution in [0.25, 0.3) is 0 Å². The molecule has 1 aliphatic heterocycles. The highest BCUT2D eigenvalue weighted by Crippen LogP contribution is 2.53. The third-order valence-electron chi connectivity index (χ3n) is 2.87. The van der Waals surface area contributed by atoms with Gasteiger partial charge < -0.3 is 14.5 Å². The zero-order valence-electron chi connectivity index (χ0n) is 9.93. The molecule has 6 atom stereocenters. The van der Waals surface area contributed by atoms with Crippen molar-refractivity contribution in [2.45, 2.75) is 18.9 Å². The molecule has 1 fully saturated rings. The van der Waals surface area contributed by atoms with E-state index in [1.807, 2.05) is 11.7 Å². The Morgan fingerprint density at radius 1 is 1.71 bits per heavy atom. The van der Waals surface area contributed by atoms with Crippen LogP contribution < -0.4 is 5.32 Å². The van der Waals surface area contributed by atoms with E-state index in [1.165, 1.54) is 0 Å². The van der Waals surface area contributed by atoms with Crippen LogP contribution in [0, 0.1) is 5.92 Å². The lowest BCUT2D eigenvalue weighted by atomic mass is 9.99. The Kier molecular flexibility index (Phi) is 8.45. The number of carbonyl (C=O) groups excluding carboxylic acids is 1. The van der Waals surface area contributed by atoms with Crippen LogP contribution in [0.15, 0.2) is 0 Å². The van der Waals surface area contributed by atoms with Crippen LogP contribution in [0.3, 0.4) is 0 Å². The fourth-order valence-corrected chi connectivity index (χ4v) is 4.08. The highest BCUT2D eigenvalue weighted by molar-refractivity contribution is 8.41. The molecule has 1 heterocycles. The maximum Gasteiger partial charge on any atom is 0.229 e. The first kappa shape index (κ1) is 16.6. The fraction of sp³-hybridized carbons (Fsp3) is 0.875. The van der Waals surface area contributed by atoms with Gasteiger partial charge in [-0.25, -0.2) is 0 Å². The predicted octanol–water partition coefficient (Wildman–Crippen LogP) is 2.19. The van der Waals surface area contributed by atoms with Gasteiger partial charge >= 0.3 is 0 Å². The molecule has 0 saturated carbocycles. The van der Waals surface area contributed by atoms with Gasteiger partial charge in [-0.3, -0.25) is 4.79 Å². The largest absolute Gasteiger partial charge is 0.350 e. The first-order valence-electron chi connectivity index (χ1n) is 5.45. The van der Waals surface area contributed by atoms with E-state index in [0.29, 0.717) is 20.9 Å². The Morgan fingerprint density at radius 3 is 2.88 bits per heavy atom. The molecule has 0 aromatic carbocycles. The van der Waals surface area contributed by atoms with Gasteiger partial charge in [0.25, 0.3) is 0 Å². The molecule has 0 aromatic rings. The Hall–Kier alpha value is 1.54. The van der Waals surface area contributed by atoms with Crippen molar-refractivity contribution in [1.82, 2.24) is 9.99 Å². The Balaban J connectivity index is 2.38. The van der Waals surface area contributed by atoms with E-state index in [1.54, 1.807) is 0 Å². The SMILES string of the molecule is CNC(COP(P)P)CC1CCN(PP)C1=O. The van der Waals surface area contributed by atoms with Gasteiger partial charge in [0.05, 0.1) is 14.1 Å². The summed E-state index contributed by atoms with van der Waals surface area (Å²) in [5, 5.41) is 3.23. The van der Waals surface area contributed by atoms with Gasteiger partial charge in [0.15, 0.2) is 0 Å². The van der Waals surface area contributed by atoms with E-state index in [-0.39, 0.29) is 12.0 Å². The first-order chi connectivity index (χ1) is 8.08. The molecule has 17 heavy (non-hydrogen) atoms. The minimum Gasteiger partial charge on any atom is -0.350 e. The second kappa shape index (κ2) is 8.66. The maximum absolute atomic E-state index is 12.0. The highest BCUT2D eigenvalue weighted by atomic mass is 32.4. The number of likely N-dealkylation sites (N-methyl/N-ethyl adjacent to an activating group) is 1. The van der Waals surface area contributed by atoms with Crippen LogP contribution in [0.2, 0.25) is 0 Å². The lowest BCUT2D eigenvalue weighted by Gasteiger charge is -2.20. The quantitative estimate of drug-likeness (QED) is 0.727. The van der Waals surface area contributed by atoms with Gasteiger partial charge in [-0.05, 0) is 28.3 Å². The number of carbonyl (C=O) groups is 1. The molecule has 1 N–H and O–H groups in total. The molecule has 0 radical (unpaired) electrons. The summed E-state index contributed by atoms with van der Waals surface area (Å²) in [5.41, 5.74) is 0. The van der Waals surface area contributed by atoms with E-state index in [9.17, 15) is 4.79 Å². The summed E-state index contributed by atoms with van der Waals surface area (Å²) < 4.78 is 7.53. The van der Waals surface area contributed by atoms with Crippen molar-refractivity contribution in [3.8, 4) is 0 Å². The van der Waals surface area contributed by atoms with Crippen molar-refractivity contribution >= 4 is 48.6 Å². The zero-order chi connectivity index (χ0) is 12.8. The highest BCUT2D eigenvalue weighted by Gasteiger charge is 2.32. The normalized spacial score (nSPS) is 23.2. The second-order valence-corrected chi connectivity index (χ2v) is 11.4. The predicted molar refractivity (Wildman–Crippen MR) is 87.6 cm³/mol. The van der Waals surface area contributed by atoms with Crippen LogP contribution in [-0.2, 0) is 9.32 Å². The summed E-state index contributed by atoms with van der Waals surface area (Å²) in [7, 11) is 9.90. The number of nitrogens with one attached hydrogen (secondary N) is 1. The molecule has 0 aliphatic carbocycles. The number of hydrogen-bond acceptors (Lipinski definition) is 3. The van der Waals surface area contributed by atoms with Crippen LogP contribution in [0.1, 0.15) is 12.8 Å². The molecule has 100 valence electrons. The van der Waals surface area contributed by atoms with Gasteiger partial charge in [0, 0.05) is 18.5 Å². The third kappa shape index (κ3) is 5.58. The Morgan fingerprint density at radius 2 is 2.41 bits per heavy atom. The number of nitrogens with zero attached hydrogens (tertiary/aromatic N) is 1. The minimum atomic E-state index is -0.484. The van der Waals surface area contributed by atoms with Gasteiger partial charge in [-0.1, -0.05) is 26.8 Å². The van der Waals surface area contributed by atoms with Crippen molar-refractivity contribution in [2.75, 3.05) is 20.2 Å². The molecule has 9 heteroatoms. The molecule has 0 bridgehead atoms. The van der Waals surface area contributed by atoms with E-state index >= 15 is 0 Å². The van der Waals surface area contributed by atoms with E-state index in [0.717, 1.165) is 19.4 Å². The summed E-state index contributed by atoms with van der Waals surface area (Å²) in [6, 6.07) is 0.267. The van der Waals surface area contributed by atoms with E-state index in [2.05, 4.69) is 32.1 Å². The van der Waals surface area contributed by atoms with Crippen LogP contribution in [-0.4, -0.2) is 36.8 Å². The molecule has 1 rings (SSSR count). The molecule has 1 aliphatic rings. The summed E-state index contributed by atoms with van der Waals surface area (Å²) >= 11 is 0. The van der Waals surface area contributed by atoms with Gasteiger partial charge in [0.1, 0.15) is 0 Å². The summed E-state index contributed by atoms with van der Waals surface area (Å²) in [6.45, 7) is 1.57. The van der Waals surface area contributed by atoms with Crippen LogP contribution in [0.5, 0.6) is 0 Å². The van der Waals surface area contributed by atoms with E-state index < -0.39 is 7.53 Å². The van der Waals surface area contributed by atoms with Crippen LogP contribution >= 0.6 is 42.7 Å². The standard InChI is InChI=1S/C8H21N2O2P5/c1-9-7(5-12-17(14)15)4-6-2-3-10(16-13)8(6)11/h6-7,9,16H,2-5,13-15H2,1H3. The molecule has 6 unspecified atom stereocenters.